The Bertz CT molecular complexity index is 268. The van der Waals surface area contributed by atoms with Gasteiger partial charge in [-0.15, -0.1) is 0 Å². The van der Waals surface area contributed by atoms with E-state index in [1.807, 2.05) is 0 Å². The van der Waals surface area contributed by atoms with Gasteiger partial charge in [0.1, 0.15) is 0 Å². The predicted octanol–water partition coefficient (Wildman–Crippen LogP) is 3.90. The average molecular weight is 282 g/mol. The van der Waals surface area contributed by atoms with Gasteiger partial charge in [-0.2, -0.15) is 0 Å². The molecule has 0 aliphatic heterocycles. The molecule has 0 aromatic heterocycles. The van der Waals surface area contributed by atoms with Crippen molar-refractivity contribution in [3.8, 4) is 0 Å². The van der Waals surface area contributed by atoms with Gasteiger partial charge in [0.2, 0.25) is 0 Å². The van der Waals surface area contributed by atoms with Crippen LogP contribution >= 0.6 is 7.82 Å². The Labute approximate surface area is 109 Å². The number of hydrogen-bond acceptors (Lipinski definition) is 6. The van der Waals surface area contributed by atoms with Crippen LogP contribution in [0.1, 0.15) is 46.5 Å². The van der Waals surface area contributed by atoms with Gasteiger partial charge in [0.15, 0.2) is 0 Å². The van der Waals surface area contributed by atoms with Crippen molar-refractivity contribution in [2.45, 2.75) is 46.5 Å². The fraction of sp³-hybridized carbons (Fsp3) is 0.909. The second-order valence-corrected chi connectivity index (χ2v) is 5.13. The van der Waals surface area contributed by atoms with Crippen LogP contribution in [0, 0.1) is 0 Å². The Hall–Kier alpha value is -0.580. The SMILES string of the molecule is CCCCCCOP(=O)(OCC)OC(=O)OCC. The fourth-order valence-electron chi connectivity index (χ4n) is 1.19. The highest BCUT2D eigenvalue weighted by molar-refractivity contribution is 7.49. The molecule has 0 radical (unpaired) electrons. The number of carbonyl (C=O) groups excluding carboxylic acids is 1. The molecule has 0 aromatic rings. The van der Waals surface area contributed by atoms with E-state index in [4.69, 9.17) is 9.05 Å². The van der Waals surface area contributed by atoms with Crippen LogP contribution in [0.4, 0.5) is 4.79 Å². The summed E-state index contributed by atoms with van der Waals surface area (Å²) in [5, 5.41) is 0. The second kappa shape index (κ2) is 10.4. The molecule has 0 aliphatic rings. The van der Waals surface area contributed by atoms with Gasteiger partial charge in [-0.1, -0.05) is 26.2 Å². The summed E-state index contributed by atoms with van der Waals surface area (Å²) in [5.74, 6) is 0. The molecule has 0 saturated carbocycles. The van der Waals surface area contributed by atoms with Gasteiger partial charge in [-0.05, 0) is 20.3 Å². The van der Waals surface area contributed by atoms with Gasteiger partial charge in [0.05, 0.1) is 19.8 Å². The molecule has 0 saturated heterocycles. The van der Waals surface area contributed by atoms with E-state index in [1.54, 1.807) is 13.8 Å². The zero-order valence-electron chi connectivity index (χ0n) is 11.3. The fourth-order valence-corrected chi connectivity index (χ4v) is 2.27. The Balaban J connectivity index is 4.08. The number of unbranched alkanes of at least 4 members (excludes halogenated alkanes) is 3. The zero-order chi connectivity index (χ0) is 13.9. The van der Waals surface area contributed by atoms with Crippen molar-refractivity contribution < 1.29 is 27.7 Å². The highest BCUT2D eigenvalue weighted by Gasteiger charge is 2.31. The van der Waals surface area contributed by atoms with Crippen LogP contribution in [0.25, 0.3) is 0 Å². The number of carbonyl (C=O) groups is 1. The standard InChI is InChI=1S/C11H23O6P/c1-4-7-8-9-10-16-18(13,15-6-3)17-11(12)14-5-2/h4-10H2,1-3H3. The molecule has 0 N–H and O–H groups in total. The lowest BCUT2D eigenvalue weighted by atomic mass is 10.2. The number of hydrogen-bond donors (Lipinski definition) is 0. The summed E-state index contributed by atoms with van der Waals surface area (Å²) in [6, 6.07) is 0. The molecule has 7 heteroatoms. The van der Waals surface area contributed by atoms with Crippen molar-refractivity contribution in [2.24, 2.45) is 0 Å². The first-order chi connectivity index (χ1) is 8.58. The minimum Gasteiger partial charge on any atom is -0.434 e. The van der Waals surface area contributed by atoms with Gasteiger partial charge in [-0.3, -0.25) is 9.05 Å². The molecule has 0 spiro atoms. The number of rotatable bonds is 10. The average Bonchev–Trinajstić information content (AvgIpc) is 2.29. The van der Waals surface area contributed by atoms with Crippen LogP contribution in [0.3, 0.4) is 0 Å². The first kappa shape index (κ1) is 17.4. The van der Waals surface area contributed by atoms with Crippen molar-refractivity contribution in [3.63, 3.8) is 0 Å². The van der Waals surface area contributed by atoms with E-state index in [-0.39, 0.29) is 19.8 Å². The predicted molar refractivity (Wildman–Crippen MR) is 67.4 cm³/mol. The number of phosphoric ester groups is 1. The molecule has 6 nitrogen and oxygen atoms in total. The number of ether oxygens (including phenoxy) is 1. The summed E-state index contributed by atoms with van der Waals surface area (Å²) in [7, 11) is -3.83. The quantitative estimate of drug-likeness (QED) is 0.344. The topological polar surface area (TPSA) is 71.1 Å². The van der Waals surface area contributed by atoms with Crippen molar-refractivity contribution in [2.75, 3.05) is 19.8 Å². The zero-order valence-corrected chi connectivity index (χ0v) is 12.2. The Morgan fingerprint density at radius 2 is 1.72 bits per heavy atom. The monoisotopic (exact) mass is 282 g/mol. The maximum Gasteiger partial charge on any atom is 0.534 e. The first-order valence-electron chi connectivity index (χ1n) is 6.33. The third-order valence-corrected chi connectivity index (χ3v) is 3.43. The van der Waals surface area contributed by atoms with E-state index in [0.717, 1.165) is 25.7 Å². The molecule has 0 rings (SSSR count). The van der Waals surface area contributed by atoms with E-state index < -0.39 is 14.0 Å². The Kier molecular flexibility index (Phi) is 10.0. The molecule has 0 bridgehead atoms. The van der Waals surface area contributed by atoms with Gasteiger partial charge in [-0.25, -0.2) is 9.36 Å². The summed E-state index contributed by atoms with van der Waals surface area (Å²) in [5.41, 5.74) is 0. The normalized spacial score (nSPS) is 13.9. The van der Waals surface area contributed by atoms with E-state index in [0.29, 0.717) is 0 Å². The second-order valence-electron chi connectivity index (χ2n) is 3.53. The molecule has 0 fully saturated rings. The first-order valence-corrected chi connectivity index (χ1v) is 7.79. The van der Waals surface area contributed by atoms with E-state index in [1.165, 1.54) is 0 Å². The van der Waals surface area contributed by atoms with Crippen LogP contribution in [0.15, 0.2) is 0 Å². The summed E-state index contributed by atoms with van der Waals surface area (Å²) in [4.78, 5) is 11.1. The van der Waals surface area contributed by atoms with E-state index in [2.05, 4.69) is 16.2 Å². The van der Waals surface area contributed by atoms with Gasteiger partial charge in [0, 0.05) is 0 Å². The largest absolute Gasteiger partial charge is 0.534 e. The molecule has 1 atom stereocenters. The van der Waals surface area contributed by atoms with Crippen LogP contribution < -0.4 is 0 Å². The maximum atomic E-state index is 12.0. The molecule has 0 aliphatic carbocycles. The van der Waals surface area contributed by atoms with Crippen molar-refractivity contribution in [1.29, 1.82) is 0 Å². The molecule has 0 amide bonds. The highest BCUT2D eigenvalue weighted by Crippen LogP contribution is 2.49. The van der Waals surface area contributed by atoms with Crippen LogP contribution in [0.2, 0.25) is 0 Å². The van der Waals surface area contributed by atoms with E-state index >= 15 is 0 Å². The van der Waals surface area contributed by atoms with Crippen LogP contribution in [-0.2, 0) is 22.9 Å². The lowest BCUT2D eigenvalue weighted by molar-refractivity contribution is 0.0724. The lowest BCUT2D eigenvalue weighted by Crippen LogP contribution is -2.09. The highest BCUT2D eigenvalue weighted by atomic mass is 31.2. The Morgan fingerprint density at radius 1 is 1.00 bits per heavy atom. The van der Waals surface area contributed by atoms with Crippen LogP contribution in [-0.4, -0.2) is 26.0 Å². The van der Waals surface area contributed by atoms with Crippen molar-refractivity contribution >= 4 is 14.0 Å². The summed E-state index contributed by atoms with van der Waals surface area (Å²) in [6.45, 7) is 5.86. The molecular weight excluding hydrogens is 259 g/mol. The minimum atomic E-state index is -3.83. The van der Waals surface area contributed by atoms with Gasteiger partial charge < -0.3 is 9.26 Å². The maximum absolute atomic E-state index is 12.0. The molecule has 1 unspecified atom stereocenters. The smallest absolute Gasteiger partial charge is 0.434 e. The Morgan fingerprint density at radius 3 is 2.28 bits per heavy atom. The lowest BCUT2D eigenvalue weighted by Gasteiger charge is -2.16. The summed E-state index contributed by atoms with van der Waals surface area (Å²) >= 11 is 0. The van der Waals surface area contributed by atoms with Gasteiger partial charge >= 0.3 is 14.0 Å². The molecule has 0 heterocycles. The summed E-state index contributed by atoms with van der Waals surface area (Å²) < 4.78 is 31.0. The molecule has 108 valence electrons. The third kappa shape index (κ3) is 8.50. The molecule has 0 aromatic carbocycles. The minimum absolute atomic E-state index is 0.131. The summed E-state index contributed by atoms with van der Waals surface area (Å²) in [6.07, 6.45) is 2.87. The van der Waals surface area contributed by atoms with Crippen LogP contribution in [0.5, 0.6) is 0 Å². The van der Waals surface area contributed by atoms with Crippen molar-refractivity contribution in [1.82, 2.24) is 0 Å². The van der Waals surface area contributed by atoms with E-state index in [9.17, 15) is 9.36 Å². The number of phosphoric acid groups is 1. The van der Waals surface area contributed by atoms with Gasteiger partial charge in [0.25, 0.3) is 0 Å². The third-order valence-electron chi connectivity index (χ3n) is 1.98. The molecule has 18 heavy (non-hydrogen) atoms. The molecular formula is C11H23O6P. The van der Waals surface area contributed by atoms with Crippen molar-refractivity contribution in [3.05, 3.63) is 0 Å².